The van der Waals surface area contributed by atoms with Crippen molar-refractivity contribution in [1.29, 1.82) is 0 Å². The standard InChI is InChI=1S/C13H25NO2/c1-4-16-12-7-11(13(12)15-3)14-8-9(2)10-5-6-10/h9-14H,4-8H2,1-3H3. The van der Waals surface area contributed by atoms with Gasteiger partial charge in [-0.3, -0.25) is 0 Å². The highest BCUT2D eigenvalue weighted by Crippen LogP contribution is 2.36. The van der Waals surface area contributed by atoms with E-state index in [2.05, 4.69) is 12.2 Å². The predicted molar refractivity (Wildman–Crippen MR) is 64.5 cm³/mol. The molecule has 2 rings (SSSR count). The molecule has 3 heteroatoms. The molecule has 0 spiro atoms. The lowest BCUT2D eigenvalue weighted by Crippen LogP contribution is -2.60. The lowest BCUT2D eigenvalue weighted by Gasteiger charge is -2.44. The first-order valence-corrected chi connectivity index (χ1v) is 6.64. The molecule has 94 valence electrons. The molecule has 2 aliphatic carbocycles. The Morgan fingerprint density at radius 3 is 2.69 bits per heavy atom. The molecule has 0 heterocycles. The summed E-state index contributed by atoms with van der Waals surface area (Å²) in [4.78, 5) is 0. The highest BCUT2D eigenvalue weighted by Gasteiger charge is 2.42. The zero-order valence-corrected chi connectivity index (χ0v) is 10.7. The van der Waals surface area contributed by atoms with Crippen molar-refractivity contribution in [2.24, 2.45) is 11.8 Å². The molecule has 0 aliphatic heterocycles. The van der Waals surface area contributed by atoms with Gasteiger partial charge in [0.05, 0.1) is 12.2 Å². The average Bonchev–Trinajstić information content (AvgIpc) is 3.06. The van der Waals surface area contributed by atoms with E-state index in [4.69, 9.17) is 9.47 Å². The molecule has 4 unspecified atom stereocenters. The molecule has 0 radical (unpaired) electrons. The fraction of sp³-hybridized carbons (Fsp3) is 1.00. The molecule has 0 aromatic carbocycles. The van der Waals surface area contributed by atoms with Crippen LogP contribution >= 0.6 is 0 Å². The third-order valence-corrected chi connectivity index (χ3v) is 4.03. The monoisotopic (exact) mass is 227 g/mol. The summed E-state index contributed by atoms with van der Waals surface area (Å²) in [7, 11) is 1.79. The maximum atomic E-state index is 5.61. The van der Waals surface area contributed by atoms with E-state index in [0.29, 0.717) is 12.1 Å². The Kier molecular flexibility index (Phi) is 4.22. The van der Waals surface area contributed by atoms with Crippen molar-refractivity contribution in [3.63, 3.8) is 0 Å². The Bertz CT molecular complexity index is 218. The van der Waals surface area contributed by atoms with Crippen molar-refractivity contribution in [1.82, 2.24) is 5.32 Å². The molecule has 0 amide bonds. The van der Waals surface area contributed by atoms with Gasteiger partial charge >= 0.3 is 0 Å². The number of ether oxygens (including phenoxy) is 2. The van der Waals surface area contributed by atoms with Crippen molar-refractivity contribution in [3.05, 3.63) is 0 Å². The molecule has 0 saturated heterocycles. The fourth-order valence-electron chi connectivity index (χ4n) is 2.64. The molecule has 2 fully saturated rings. The van der Waals surface area contributed by atoms with E-state index < -0.39 is 0 Å². The molecule has 0 bridgehead atoms. The summed E-state index contributed by atoms with van der Waals surface area (Å²) in [5.74, 6) is 1.81. The third-order valence-electron chi connectivity index (χ3n) is 4.03. The lowest BCUT2D eigenvalue weighted by atomic mass is 9.84. The minimum Gasteiger partial charge on any atom is -0.377 e. The number of hydrogen-bond acceptors (Lipinski definition) is 3. The van der Waals surface area contributed by atoms with Crippen LogP contribution in [0.4, 0.5) is 0 Å². The summed E-state index contributed by atoms with van der Waals surface area (Å²) in [5, 5.41) is 3.62. The Morgan fingerprint density at radius 2 is 2.12 bits per heavy atom. The molecule has 1 N–H and O–H groups in total. The lowest BCUT2D eigenvalue weighted by molar-refractivity contribution is -0.131. The molecule has 3 nitrogen and oxygen atoms in total. The molecule has 0 aromatic heterocycles. The first-order chi connectivity index (χ1) is 7.76. The van der Waals surface area contributed by atoms with Crippen LogP contribution in [0.25, 0.3) is 0 Å². The van der Waals surface area contributed by atoms with Gasteiger partial charge in [-0.1, -0.05) is 6.92 Å². The maximum absolute atomic E-state index is 5.61. The van der Waals surface area contributed by atoms with Crippen LogP contribution in [0.3, 0.4) is 0 Å². The first-order valence-electron chi connectivity index (χ1n) is 6.64. The highest BCUT2D eigenvalue weighted by atomic mass is 16.5. The van der Waals surface area contributed by atoms with Crippen molar-refractivity contribution in [3.8, 4) is 0 Å². The Balaban J connectivity index is 1.66. The Labute approximate surface area is 98.9 Å². The summed E-state index contributed by atoms with van der Waals surface area (Å²) < 4.78 is 11.1. The van der Waals surface area contributed by atoms with Crippen molar-refractivity contribution >= 4 is 0 Å². The van der Waals surface area contributed by atoms with Gasteiger partial charge in [-0.05, 0) is 44.6 Å². The number of hydrogen-bond donors (Lipinski definition) is 1. The molecule has 2 aliphatic rings. The van der Waals surface area contributed by atoms with E-state index in [-0.39, 0.29) is 6.10 Å². The second-order valence-corrected chi connectivity index (χ2v) is 5.26. The highest BCUT2D eigenvalue weighted by molar-refractivity contribution is 4.97. The number of methoxy groups -OCH3 is 1. The molecule has 2 saturated carbocycles. The fourth-order valence-corrected chi connectivity index (χ4v) is 2.64. The minimum absolute atomic E-state index is 0.256. The van der Waals surface area contributed by atoms with Crippen LogP contribution in [0, 0.1) is 11.8 Å². The average molecular weight is 227 g/mol. The van der Waals surface area contributed by atoms with Crippen LogP contribution in [0.2, 0.25) is 0 Å². The second kappa shape index (κ2) is 5.48. The number of rotatable bonds is 7. The van der Waals surface area contributed by atoms with E-state index in [0.717, 1.165) is 31.4 Å². The van der Waals surface area contributed by atoms with Crippen molar-refractivity contribution in [2.75, 3.05) is 20.3 Å². The summed E-state index contributed by atoms with van der Waals surface area (Å²) in [6, 6.07) is 0.503. The molecule has 0 aromatic rings. The maximum Gasteiger partial charge on any atom is 0.0986 e. The van der Waals surface area contributed by atoms with Crippen LogP contribution in [-0.2, 0) is 9.47 Å². The summed E-state index contributed by atoms with van der Waals surface area (Å²) >= 11 is 0. The smallest absolute Gasteiger partial charge is 0.0986 e. The summed E-state index contributed by atoms with van der Waals surface area (Å²) in [6.45, 7) is 6.32. The van der Waals surface area contributed by atoms with Gasteiger partial charge in [0.2, 0.25) is 0 Å². The normalized spacial score (nSPS) is 35.8. The van der Waals surface area contributed by atoms with E-state index in [1.54, 1.807) is 7.11 Å². The zero-order valence-electron chi connectivity index (χ0n) is 10.7. The van der Waals surface area contributed by atoms with Gasteiger partial charge in [-0.2, -0.15) is 0 Å². The predicted octanol–water partition coefficient (Wildman–Crippen LogP) is 1.81. The van der Waals surface area contributed by atoms with Crippen molar-refractivity contribution < 1.29 is 9.47 Å². The van der Waals surface area contributed by atoms with Gasteiger partial charge in [0.15, 0.2) is 0 Å². The Hall–Kier alpha value is -0.120. The van der Waals surface area contributed by atoms with Gasteiger partial charge in [-0.25, -0.2) is 0 Å². The SMILES string of the molecule is CCOC1CC(NCC(C)C2CC2)C1OC. The topological polar surface area (TPSA) is 30.5 Å². The van der Waals surface area contributed by atoms with Gasteiger partial charge < -0.3 is 14.8 Å². The number of nitrogens with one attached hydrogen (secondary N) is 1. The van der Waals surface area contributed by atoms with Gasteiger partial charge in [0.25, 0.3) is 0 Å². The first kappa shape index (κ1) is 12.3. The minimum atomic E-state index is 0.256. The second-order valence-electron chi connectivity index (χ2n) is 5.26. The zero-order chi connectivity index (χ0) is 11.5. The van der Waals surface area contributed by atoms with E-state index >= 15 is 0 Å². The van der Waals surface area contributed by atoms with Crippen LogP contribution in [0.15, 0.2) is 0 Å². The van der Waals surface area contributed by atoms with E-state index in [1.807, 2.05) is 6.92 Å². The van der Waals surface area contributed by atoms with Crippen LogP contribution in [0.1, 0.15) is 33.1 Å². The van der Waals surface area contributed by atoms with Crippen LogP contribution in [-0.4, -0.2) is 38.5 Å². The molecular weight excluding hydrogens is 202 g/mol. The Morgan fingerprint density at radius 1 is 1.38 bits per heavy atom. The molecule has 16 heavy (non-hydrogen) atoms. The summed E-state index contributed by atoms with van der Waals surface area (Å²) in [6.07, 6.45) is 4.53. The van der Waals surface area contributed by atoms with Gasteiger partial charge in [0.1, 0.15) is 0 Å². The molecule has 4 atom stereocenters. The van der Waals surface area contributed by atoms with Crippen LogP contribution in [0.5, 0.6) is 0 Å². The van der Waals surface area contributed by atoms with Gasteiger partial charge in [0, 0.05) is 19.8 Å². The third kappa shape index (κ3) is 2.76. The van der Waals surface area contributed by atoms with Crippen molar-refractivity contribution in [2.45, 2.75) is 51.4 Å². The van der Waals surface area contributed by atoms with E-state index in [9.17, 15) is 0 Å². The van der Waals surface area contributed by atoms with E-state index in [1.165, 1.54) is 12.8 Å². The largest absolute Gasteiger partial charge is 0.377 e. The summed E-state index contributed by atoms with van der Waals surface area (Å²) in [5.41, 5.74) is 0. The van der Waals surface area contributed by atoms with Gasteiger partial charge in [-0.15, -0.1) is 0 Å². The molecular formula is C13H25NO2. The quantitative estimate of drug-likeness (QED) is 0.719. The van der Waals surface area contributed by atoms with Crippen LogP contribution < -0.4 is 5.32 Å².